The molecule has 0 saturated carbocycles. The summed E-state index contributed by atoms with van der Waals surface area (Å²) >= 11 is 0. The second-order valence-corrected chi connectivity index (χ2v) is 3.88. The Morgan fingerprint density at radius 1 is 1.67 bits per heavy atom. The summed E-state index contributed by atoms with van der Waals surface area (Å²) in [6.45, 7) is 6.21. The van der Waals surface area contributed by atoms with Gasteiger partial charge in [0.15, 0.2) is 0 Å². The molecule has 2 saturated heterocycles. The Bertz CT molecular complexity index is 166. The van der Waals surface area contributed by atoms with E-state index in [1.165, 1.54) is 0 Å². The zero-order chi connectivity index (χ0) is 8.60. The van der Waals surface area contributed by atoms with Crippen molar-refractivity contribution in [2.24, 2.45) is 5.73 Å². The molecule has 0 amide bonds. The quantitative estimate of drug-likeness (QED) is 0.611. The molecule has 2 unspecified atom stereocenters. The Hall–Kier alpha value is -0.120. The highest BCUT2D eigenvalue weighted by atomic mass is 16.5. The van der Waals surface area contributed by atoms with Crippen molar-refractivity contribution in [2.45, 2.75) is 31.3 Å². The zero-order valence-corrected chi connectivity index (χ0v) is 7.75. The second kappa shape index (κ2) is 2.98. The van der Waals surface area contributed by atoms with Gasteiger partial charge in [-0.05, 0) is 19.4 Å². The molecule has 0 aromatic carbocycles. The van der Waals surface area contributed by atoms with Crippen molar-refractivity contribution in [1.29, 1.82) is 0 Å². The van der Waals surface area contributed by atoms with E-state index in [-0.39, 0.29) is 5.54 Å². The number of likely N-dealkylation sites (tertiary alicyclic amines) is 1. The maximum Gasteiger partial charge on any atom is 0.0666 e. The van der Waals surface area contributed by atoms with Crippen molar-refractivity contribution < 1.29 is 4.74 Å². The zero-order valence-electron chi connectivity index (χ0n) is 7.75. The van der Waals surface area contributed by atoms with E-state index < -0.39 is 0 Å². The molecule has 12 heavy (non-hydrogen) atoms. The molecule has 3 nitrogen and oxygen atoms in total. The summed E-state index contributed by atoms with van der Waals surface area (Å²) in [6, 6.07) is 0.333. The smallest absolute Gasteiger partial charge is 0.0666 e. The van der Waals surface area contributed by atoms with E-state index in [9.17, 15) is 0 Å². The minimum absolute atomic E-state index is 0.203. The molecule has 0 radical (unpaired) electrons. The Morgan fingerprint density at radius 3 is 3.08 bits per heavy atom. The maximum absolute atomic E-state index is 6.12. The number of nitrogens with two attached hydrogens (primary N) is 1. The van der Waals surface area contributed by atoms with Crippen LogP contribution in [0.5, 0.6) is 0 Å². The van der Waals surface area contributed by atoms with Crippen molar-refractivity contribution in [3.8, 4) is 0 Å². The molecular weight excluding hydrogens is 152 g/mol. The molecule has 0 aliphatic carbocycles. The number of hydrogen-bond acceptors (Lipinski definition) is 3. The molecule has 0 bridgehead atoms. The Balaban J connectivity index is 2.17. The molecule has 1 spiro atoms. The van der Waals surface area contributed by atoms with Crippen LogP contribution >= 0.6 is 0 Å². The van der Waals surface area contributed by atoms with Crippen LogP contribution in [-0.2, 0) is 4.74 Å². The Labute approximate surface area is 73.9 Å². The second-order valence-electron chi connectivity index (χ2n) is 3.88. The van der Waals surface area contributed by atoms with Gasteiger partial charge in [-0.15, -0.1) is 0 Å². The average molecular weight is 170 g/mol. The summed E-state index contributed by atoms with van der Waals surface area (Å²) < 4.78 is 5.46. The lowest BCUT2D eigenvalue weighted by Crippen LogP contribution is -2.54. The third-order valence-electron chi connectivity index (χ3n) is 3.44. The first-order valence-electron chi connectivity index (χ1n) is 4.88. The van der Waals surface area contributed by atoms with Gasteiger partial charge in [-0.25, -0.2) is 0 Å². The van der Waals surface area contributed by atoms with Crippen molar-refractivity contribution >= 4 is 0 Å². The fraction of sp³-hybridized carbons (Fsp3) is 1.00. The molecular formula is C9H18N2O. The standard InChI is InChI=1S/C9H18N2O/c1-2-11-5-3-8(10)9(11)4-6-12-7-9/h8H,2-7,10H2,1H3. The van der Waals surface area contributed by atoms with E-state index in [1.807, 2.05) is 0 Å². The summed E-state index contributed by atoms with van der Waals surface area (Å²) in [5.74, 6) is 0. The van der Waals surface area contributed by atoms with Crippen molar-refractivity contribution in [3.63, 3.8) is 0 Å². The van der Waals surface area contributed by atoms with E-state index in [2.05, 4.69) is 11.8 Å². The number of likely N-dealkylation sites (N-methyl/N-ethyl adjacent to an activating group) is 1. The topological polar surface area (TPSA) is 38.5 Å². The molecule has 2 aliphatic rings. The van der Waals surface area contributed by atoms with Gasteiger partial charge >= 0.3 is 0 Å². The first-order valence-corrected chi connectivity index (χ1v) is 4.88. The Kier molecular flexibility index (Phi) is 2.10. The fourth-order valence-electron chi connectivity index (χ4n) is 2.61. The van der Waals surface area contributed by atoms with E-state index in [1.54, 1.807) is 0 Å². The monoisotopic (exact) mass is 170 g/mol. The first-order chi connectivity index (χ1) is 5.79. The molecule has 2 rings (SSSR count). The van der Waals surface area contributed by atoms with Gasteiger partial charge in [0.1, 0.15) is 0 Å². The average Bonchev–Trinajstić information content (AvgIpc) is 2.65. The molecule has 0 aromatic rings. The number of rotatable bonds is 1. The van der Waals surface area contributed by atoms with Gasteiger partial charge in [-0.2, -0.15) is 0 Å². The van der Waals surface area contributed by atoms with Crippen LogP contribution in [0, 0.1) is 0 Å². The predicted octanol–water partition coefficient (Wildman–Crippen LogP) is 0.198. The van der Waals surface area contributed by atoms with E-state index in [0.717, 1.165) is 39.1 Å². The summed E-state index contributed by atoms with van der Waals surface area (Å²) in [7, 11) is 0. The van der Waals surface area contributed by atoms with Gasteiger partial charge in [0.05, 0.1) is 12.1 Å². The fourth-order valence-corrected chi connectivity index (χ4v) is 2.61. The highest BCUT2D eigenvalue weighted by Crippen LogP contribution is 2.35. The summed E-state index contributed by atoms with van der Waals surface area (Å²) in [5.41, 5.74) is 6.32. The summed E-state index contributed by atoms with van der Waals surface area (Å²) in [6.07, 6.45) is 2.26. The van der Waals surface area contributed by atoms with Crippen LogP contribution in [0.15, 0.2) is 0 Å². The minimum atomic E-state index is 0.203. The summed E-state index contributed by atoms with van der Waals surface area (Å²) in [4.78, 5) is 2.49. The van der Waals surface area contributed by atoms with Crippen LogP contribution in [0.3, 0.4) is 0 Å². The van der Waals surface area contributed by atoms with Gasteiger partial charge in [0.2, 0.25) is 0 Å². The van der Waals surface area contributed by atoms with Gasteiger partial charge in [0, 0.05) is 19.2 Å². The molecule has 2 heterocycles. The van der Waals surface area contributed by atoms with Crippen LogP contribution in [0.25, 0.3) is 0 Å². The first kappa shape index (κ1) is 8.48. The summed E-state index contributed by atoms with van der Waals surface area (Å²) in [5, 5.41) is 0. The number of hydrogen-bond donors (Lipinski definition) is 1. The largest absolute Gasteiger partial charge is 0.379 e. The van der Waals surface area contributed by atoms with Crippen molar-refractivity contribution in [2.75, 3.05) is 26.3 Å². The molecule has 2 N–H and O–H groups in total. The predicted molar refractivity (Wildman–Crippen MR) is 48.0 cm³/mol. The lowest BCUT2D eigenvalue weighted by molar-refractivity contribution is 0.0967. The number of ether oxygens (including phenoxy) is 1. The SMILES string of the molecule is CCN1CCC(N)C12CCOC2. The van der Waals surface area contributed by atoms with E-state index in [0.29, 0.717) is 6.04 Å². The lowest BCUT2D eigenvalue weighted by atomic mass is 9.91. The molecule has 2 fully saturated rings. The van der Waals surface area contributed by atoms with Crippen LogP contribution in [0.4, 0.5) is 0 Å². The molecule has 0 aromatic heterocycles. The van der Waals surface area contributed by atoms with Crippen molar-refractivity contribution in [3.05, 3.63) is 0 Å². The van der Waals surface area contributed by atoms with Gasteiger partial charge in [-0.1, -0.05) is 6.92 Å². The van der Waals surface area contributed by atoms with E-state index >= 15 is 0 Å². The van der Waals surface area contributed by atoms with E-state index in [4.69, 9.17) is 10.5 Å². The van der Waals surface area contributed by atoms with Crippen LogP contribution in [0.1, 0.15) is 19.8 Å². The van der Waals surface area contributed by atoms with Gasteiger partial charge in [-0.3, -0.25) is 4.90 Å². The van der Waals surface area contributed by atoms with Crippen LogP contribution < -0.4 is 5.73 Å². The van der Waals surface area contributed by atoms with Crippen molar-refractivity contribution in [1.82, 2.24) is 4.90 Å². The third kappa shape index (κ3) is 1.00. The Morgan fingerprint density at radius 2 is 2.50 bits per heavy atom. The third-order valence-corrected chi connectivity index (χ3v) is 3.44. The molecule has 3 heteroatoms. The number of nitrogens with zero attached hydrogens (tertiary/aromatic N) is 1. The molecule has 2 aliphatic heterocycles. The lowest BCUT2D eigenvalue weighted by Gasteiger charge is -2.35. The van der Waals surface area contributed by atoms with Gasteiger partial charge < -0.3 is 10.5 Å². The normalized spacial score (nSPS) is 43.0. The highest BCUT2D eigenvalue weighted by Gasteiger charge is 2.48. The minimum Gasteiger partial charge on any atom is -0.379 e. The van der Waals surface area contributed by atoms with Crippen LogP contribution in [0.2, 0.25) is 0 Å². The van der Waals surface area contributed by atoms with Crippen LogP contribution in [-0.4, -0.2) is 42.8 Å². The molecule has 70 valence electrons. The molecule has 2 atom stereocenters. The highest BCUT2D eigenvalue weighted by molar-refractivity contribution is 5.06. The van der Waals surface area contributed by atoms with Gasteiger partial charge in [0.25, 0.3) is 0 Å². The maximum atomic E-state index is 6.12.